The summed E-state index contributed by atoms with van der Waals surface area (Å²) in [6.45, 7) is 0.710. The van der Waals surface area contributed by atoms with Crippen LogP contribution in [-0.2, 0) is 13.2 Å². The summed E-state index contributed by atoms with van der Waals surface area (Å²) in [7, 11) is 1.51. The van der Waals surface area contributed by atoms with Crippen molar-refractivity contribution in [2.24, 2.45) is 5.73 Å². The molecule has 1 heterocycles. The highest BCUT2D eigenvalue weighted by Crippen LogP contribution is 2.30. The van der Waals surface area contributed by atoms with Gasteiger partial charge < -0.3 is 19.9 Å². The number of benzene rings is 1. The third-order valence-electron chi connectivity index (χ3n) is 3.48. The average molecular weight is 356 g/mol. The maximum atomic E-state index is 12.3. The molecule has 136 valence electrons. The van der Waals surface area contributed by atoms with Crippen molar-refractivity contribution in [3.63, 3.8) is 0 Å². The maximum absolute atomic E-state index is 12.3. The zero-order valence-electron chi connectivity index (χ0n) is 13.9. The van der Waals surface area contributed by atoms with Crippen LogP contribution >= 0.6 is 0 Å². The van der Waals surface area contributed by atoms with E-state index in [0.717, 1.165) is 5.56 Å². The molecule has 0 fully saturated rings. The van der Waals surface area contributed by atoms with E-state index in [0.29, 0.717) is 29.3 Å². The van der Waals surface area contributed by atoms with Crippen molar-refractivity contribution in [2.75, 3.05) is 13.7 Å². The fourth-order valence-corrected chi connectivity index (χ4v) is 2.12. The summed E-state index contributed by atoms with van der Waals surface area (Å²) in [6, 6.07) is 6.68. The minimum atomic E-state index is -4.40. The minimum Gasteiger partial charge on any atom is -0.493 e. The van der Waals surface area contributed by atoms with Crippen LogP contribution in [0.4, 0.5) is 13.2 Å². The van der Waals surface area contributed by atoms with Crippen LogP contribution in [-0.4, -0.2) is 24.9 Å². The third kappa shape index (κ3) is 5.25. The quantitative estimate of drug-likeness (QED) is 0.824. The first-order valence-electron chi connectivity index (χ1n) is 7.48. The average Bonchev–Trinajstić information content (AvgIpc) is 2.59. The lowest BCUT2D eigenvalue weighted by atomic mass is 10.2. The van der Waals surface area contributed by atoms with E-state index in [1.54, 1.807) is 25.1 Å². The van der Waals surface area contributed by atoms with Crippen molar-refractivity contribution in [3.05, 3.63) is 47.3 Å². The number of rotatable bonds is 7. The number of nitrogens with zero attached hydrogens (tertiary/aromatic N) is 1. The first kappa shape index (κ1) is 18.9. The van der Waals surface area contributed by atoms with E-state index in [-0.39, 0.29) is 12.4 Å². The second-order valence-corrected chi connectivity index (χ2v) is 5.26. The topological polar surface area (TPSA) is 66.6 Å². The molecule has 5 nitrogen and oxygen atoms in total. The molecule has 0 aliphatic heterocycles. The molecule has 0 unspecified atom stereocenters. The van der Waals surface area contributed by atoms with Gasteiger partial charge in [-0.05, 0) is 30.7 Å². The molecule has 2 N–H and O–H groups in total. The lowest BCUT2D eigenvalue weighted by Crippen LogP contribution is -2.20. The summed E-state index contributed by atoms with van der Waals surface area (Å²) in [6.07, 6.45) is -3.02. The van der Waals surface area contributed by atoms with Gasteiger partial charge in [0.15, 0.2) is 18.1 Å². The number of pyridine rings is 1. The van der Waals surface area contributed by atoms with E-state index in [9.17, 15) is 13.2 Å². The highest BCUT2D eigenvalue weighted by atomic mass is 19.4. The summed E-state index contributed by atoms with van der Waals surface area (Å²) in [5.74, 6) is 1.13. The molecular weight excluding hydrogens is 337 g/mol. The number of ether oxygens (including phenoxy) is 3. The Morgan fingerprint density at radius 2 is 1.84 bits per heavy atom. The lowest BCUT2D eigenvalue weighted by molar-refractivity contribution is -0.153. The molecule has 1 aromatic carbocycles. The van der Waals surface area contributed by atoms with Crippen molar-refractivity contribution in [2.45, 2.75) is 26.3 Å². The van der Waals surface area contributed by atoms with Crippen molar-refractivity contribution in [1.82, 2.24) is 4.98 Å². The molecule has 0 amide bonds. The van der Waals surface area contributed by atoms with Gasteiger partial charge >= 0.3 is 6.18 Å². The minimum absolute atomic E-state index is 0.0629. The first-order valence-corrected chi connectivity index (χ1v) is 7.48. The number of hydrogen-bond acceptors (Lipinski definition) is 5. The fourth-order valence-electron chi connectivity index (χ4n) is 2.12. The van der Waals surface area contributed by atoms with E-state index < -0.39 is 12.8 Å². The lowest BCUT2D eigenvalue weighted by Gasteiger charge is -2.15. The summed E-state index contributed by atoms with van der Waals surface area (Å²) >= 11 is 0. The van der Waals surface area contributed by atoms with Crippen LogP contribution in [0.5, 0.6) is 17.2 Å². The first-order chi connectivity index (χ1) is 11.8. The second kappa shape index (κ2) is 8.06. The van der Waals surface area contributed by atoms with E-state index in [1.807, 2.05) is 0 Å². The van der Waals surface area contributed by atoms with E-state index in [1.165, 1.54) is 19.4 Å². The second-order valence-electron chi connectivity index (χ2n) is 5.26. The molecule has 0 aliphatic rings. The summed E-state index contributed by atoms with van der Waals surface area (Å²) in [4.78, 5) is 4.14. The molecule has 2 rings (SSSR count). The van der Waals surface area contributed by atoms with Crippen LogP contribution in [0.15, 0.2) is 30.5 Å². The predicted molar refractivity (Wildman–Crippen MR) is 85.7 cm³/mol. The standard InChI is InChI=1S/C17H19F3N2O3/c1-11-13(22-6-5-14(11)25-10-17(18,19)20)9-24-15-4-3-12(8-21)7-16(15)23-2/h3-7H,8-10,21H2,1-2H3. The highest BCUT2D eigenvalue weighted by molar-refractivity contribution is 5.43. The molecule has 0 atom stereocenters. The molecule has 0 aliphatic carbocycles. The Labute approximate surface area is 143 Å². The Balaban J connectivity index is 2.11. The van der Waals surface area contributed by atoms with Crippen molar-refractivity contribution < 1.29 is 27.4 Å². The normalized spacial score (nSPS) is 11.3. The summed E-state index contributed by atoms with van der Waals surface area (Å²) < 4.78 is 52.7. The Morgan fingerprint density at radius 3 is 2.48 bits per heavy atom. The largest absolute Gasteiger partial charge is 0.493 e. The number of alkyl halides is 3. The van der Waals surface area contributed by atoms with Gasteiger partial charge in [0.05, 0.1) is 12.8 Å². The van der Waals surface area contributed by atoms with Gasteiger partial charge in [-0.1, -0.05) is 6.07 Å². The van der Waals surface area contributed by atoms with E-state index >= 15 is 0 Å². The van der Waals surface area contributed by atoms with Gasteiger partial charge in [0.2, 0.25) is 0 Å². The molecule has 1 aromatic heterocycles. The number of methoxy groups -OCH3 is 1. The van der Waals surface area contributed by atoms with Crippen LogP contribution < -0.4 is 19.9 Å². The number of aromatic nitrogens is 1. The maximum Gasteiger partial charge on any atom is 0.422 e. The van der Waals surface area contributed by atoms with E-state index in [2.05, 4.69) is 4.98 Å². The highest BCUT2D eigenvalue weighted by Gasteiger charge is 2.28. The summed E-state index contributed by atoms with van der Waals surface area (Å²) in [5.41, 5.74) is 7.44. The molecule has 0 bridgehead atoms. The summed E-state index contributed by atoms with van der Waals surface area (Å²) in [5, 5.41) is 0. The van der Waals surface area contributed by atoms with Gasteiger partial charge in [-0.2, -0.15) is 13.2 Å². The van der Waals surface area contributed by atoms with Crippen molar-refractivity contribution in [3.8, 4) is 17.2 Å². The molecule has 0 spiro atoms. The zero-order valence-corrected chi connectivity index (χ0v) is 13.9. The molecule has 2 aromatic rings. The fraction of sp³-hybridized carbons (Fsp3) is 0.353. The number of nitrogens with two attached hydrogens (primary N) is 1. The van der Waals surface area contributed by atoms with Gasteiger partial charge in [0.1, 0.15) is 12.4 Å². The Morgan fingerprint density at radius 1 is 1.08 bits per heavy atom. The zero-order chi connectivity index (χ0) is 18.4. The van der Waals surface area contributed by atoms with Crippen LogP contribution in [0, 0.1) is 6.92 Å². The predicted octanol–water partition coefficient (Wildman–Crippen LogP) is 3.38. The molecule has 25 heavy (non-hydrogen) atoms. The van der Waals surface area contributed by atoms with Crippen molar-refractivity contribution in [1.29, 1.82) is 0 Å². The van der Waals surface area contributed by atoms with Crippen LogP contribution in [0.1, 0.15) is 16.8 Å². The smallest absolute Gasteiger partial charge is 0.422 e. The molecular formula is C17H19F3N2O3. The number of hydrogen-bond donors (Lipinski definition) is 1. The van der Waals surface area contributed by atoms with Gasteiger partial charge in [-0.25, -0.2) is 0 Å². The van der Waals surface area contributed by atoms with Crippen LogP contribution in [0.3, 0.4) is 0 Å². The molecule has 0 radical (unpaired) electrons. The van der Waals surface area contributed by atoms with E-state index in [4.69, 9.17) is 19.9 Å². The van der Waals surface area contributed by atoms with Gasteiger partial charge in [-0.3, -0.25) is 4.98 Å². The van der Waals surface area contributed by atoms with Gasteiger partial charge in [0.25, 0.3) is 0 Å². The Hall–Kier alpha value is -2.48. The molecule has 8 heteroatoms. The van der Waals surface area contributed by atoms with Crippen LogP contribution in [0.2, 0.25) is 0 Å². The SMILES string of the molecule is COc1cc(CN)ccc1OCc1nccc(OCC(F)(F)F)c1C. The molecule has 0 saturated heterocycles. The Bertz CT molecular complexity index is 721. The third-order valence-corrected chi connectivity index (χ3v) is 3.48. The monoisotopic (exact) mass is 356 g/mol. The van der Waals surface area contributed by atoms with Crippen LogP contribution in [0.25, 0.3) is 0 Å². The van der Waals surface area contributed by atoms with Gasteiger partial charge in [-0.15, -0.1) is 0 Å². The molecule has 0 saturated carbocycles. The Kier molecular flexibility index (Phi) is 6.08. The van der Waals surface area contributed by atoms with Crippen molar-refractivity contribution >= 4 is 0 Å². The van der Waals surface area contributed by atoms with Gasteiger partial charge in [0, 0.05) is 18.3 Å². The number of halogens is 3.